The lowest BCUT2D eigenvalue weighted by atomic mass is 10.1. The van der Waals surface area contributed by atoms with Crippen LogP contribution in [-0.4, -0.2) is 21.1 Å². The molecule has 21 heavy (non-hydrogen) atoms. The first-order chi connectivity index (χ1) is 9.83. The molecule has 2 aromatic rings. The number of hydrogen-bond acceptors (Lipinski definition) is 4. The fourth-order valence-corrected chi connectivity index (χ4v) is 1.90. The maximum atomic E-state index is 11.7. The Morgan fingerprint density at radius 3 is 2.57 bits per heavy atom. The van der Waals surface area contributed by atoms with Crippen LogP contribution in [0.5, 0.6) is 0 Å². The van der Waals surface area contributed by atoms with Gasteiger partial charge in [0.2, 0.25) is 0 Å². The molecule has 0 aliphatic carbocycles. The second-order valence-corrected chi connectivity index (χ2v) is 5.96. The van der Waals surface area contributed by atoms with Crippen molar-refractivity contribution in [1.82, 2.24) is 9.55 Å². The molecule has 0 aliphatic heterocycles. The van der Waals surface area contributed by atoms with Gasteiger partial charge in [0.15, 0.2) is 0 Å². The molecule has 1 aromatic carbocycles. The highest BCUT2D eigenvalue weighted by Crippen LogP contribution is 2.18. The summed E-state index contributed by atoms with van der Waals surface area (Å²) in [5.74, 6) is -0.203. The molecule has 2 N–H and O–H groups in total. The molecule has 0 saturated carbocycles. The van der Waals surface area contributed by atoms with E-state index in [0.717, 1.165) is 16.9 Å². The van der Waals surface area contributed by atoms with Gasteiger partial charge in [-0.25, -0.2) is 4.98 Å². The normalized spacial score (nSPS) is 11.4. The Morgan fingerprint density at radius 2 is 1.95 bits per heavy atom. The van der Waals surface area contributed by atoms with E-state index in [0.29, 0.717) is 13.0 Å². The van der Waals surface area contributed by atoms with Crippen molar-refractivity contribution in [2.45, 2.75) is 39.3 Å². The molecule has 0 atom stereocenters. The Hall–Kier alpha value is -2.30. The molecule has 1 heterocycles. The minimum Gasteiger partial charge on any atom is -0.460 e. The zero-order valence-electron chi connectivity index (χ0n) is 12.7. The number of nitrogens with zero attached hydrogens (tertiary/aromatic N) is 2. The van der Waals surface area contributed by atoms with Crippen LogP contribution in [0.3, 0.4) is 0 Å². The van der Waals surface area contributed by atoms with E-state index in [1.54, 1.807) is 6.33 Å². The van der Waals surface area contributed by atoms with Gasteiger partial charge in [0.1, 0.15) is 5.60 Å². The topological polar surface area (TPSA) is 70.1 Å². The summed E-state index contributed by atoms with van der Waals surface area (Å²) in [5, 5.41) is 0. The zero-order chi connectivity index (χ0) is 15.5. The summed E-state index contributed by atoms with van der Waals surface area (Å²) in [6.07, 6.45) is 3.96. The van der Waals surface area contributed by atoms with E-state index >= 15 is 0 Å². The van der Waals surface area contributed by atoms with Crippen molar-refractivity contribution in [2.24, 2.45) is 0 Å². The van der Waals surface area contributed by atoms with E-state index < -0.39 is 5.60 Å². The number of aryl methyl sites for hydroxylation is 1. The van der Waals surface area contributed by atoms with Crippen LogP contribution in [0.25, 0.3) is 11.3 Å². The summed E-state index contributed by atoms with van der Waals surface area (Å²) in [5.41, 5.74) is 7.81. The number of ether oxygens (including phenoxy) is 1. The minimum atomic E-state index is -0.443. The maximum absolute atomic E-state index is 11.7. The van der Waals surface area contributed by atoms with Crippen molar-refractivity contribution in [3.8, 4) is 11.3 Å². The largest absolute Gasteiger partial charge is 0.460 e. The highest BCUT2D eigenvalue weighted by atomic mass is 16.6. The molecule has 0 fully saturated rings. The van der Waals surface area contributed by atoms with Crippen LogP contribution in [-0.2, 0) is 16.1 Å². The number of nitrogen functional groups attached to an aromatic ring is 1. The van der Waals surface area contributed by atoms with Gasteiger partial charge in [-0.15, -0.1) is 0 Å². The van der Waals surface area contributed by atoms with E-state index in [4.69, 9.17) is 10.5 Å². The molecular formula is C16H21N3O2. The monoisotopic (exact) mass is 287 g/mol. The number of benzene rings is 1. The molecule has 0 amide bonds. The molecule has 1 aromatic heterocycles. The number of hydrogen-bond donors (Lipinski definition) is 1. The van der Waals surface area contributed by atoms with Crippen LogP contribution in [0.4, 0.5) is 5.69 Å². The summed E-state index contributed by atoms with van der Waals surface area (Å²) in [6, 6.07) is 7.54. The van der Waals surface area contributed by atoms with Crippen molar-refractivity contribution in [3.05, 3.63) is 36.8 Å². The SMILES string of the molecule is CC(C)(C)OC(=O)CCn1cnc(-c2ccc(N)cc2)c1. The van der Waals surface area contributed by atoms with Gasteiger partial charge < -0.3 is 15.0 Å². The lowest BCUT2D eigenvalue weighted by Gasteiger charge is -2.19. The van der Waals surface area contributed by atoms with E-state index in [9.17, 15) is 4.79 Å². The number of aromatic nitrogens is 2. The first-order valence-corrected chi connectivity index (χ1v) is 6.93. The molecule has 5 heteroatoms. The number of carbonyl (C=O) groups excluding carboxylic acids is 1. The van der Waals surface area contributed by atoms with E-state index in [1.807, 2.05) is 55.8 Å². The summed E-state index contributed by atoms with van der Waals surface area (Å²) >= 11 is 0. The number of rotatable bonds is 4. The predicted molar refractivity (Wildman–Crippen MR) is 82.5 cm³/mol. The van der Waals surface area contributed by atoms with Gasteiger partial charge in [0.25, 0.3) is 0 Å². The molecule has 0 bridgehead atoms. The summed E-state index contributed by atoms with van der Waals surface area (Å²) in [4.78, 5) is 16.0. The van der Waals surface area contributed by atoms with Gasteiger partial charge in [-0.1, -0.05) is 12.1 Å². The highest BCUT2D eigenvalue weighted by Gasteiger charge is 2.16. The van der Waals surface area contributed by atoms with Crippen molar-refractivity contribution in [3.63, 3.8) is 0 Å². The van der Waals surface area contributed by atoms with Crippen LogP contribution in [0.1, 0.15) is 27.2 Å². The lowest BCUT2D eigenvalue weighted by Crippen LogP contribution is -2.24. The molecule has 2 rings (SSSR count). The van der Waals surface area contributed by atoms with Crippen LogP contribution in [0.15, 0.2) is 36.8 Å². The third kappa shape index (κ3) is 4.63. The smallest absolute Gasteiger partial charge is 0.308 e. The highest BCUT2D eigenvalue weighted by molar-refractivity contribution is 5.69. The summed E-state index contributed by atoms with van der Waals surface area (Å²) in [6.45, 7) is 6.14. The van der Waals surface area contributed by atoms with Crippen LogP contribution in [0.2, 0.25) is 0 Å². The van der Waals surface area contributed by atoms with Crippen LogP contribution < -0.4 is 5.73 Å². The number of imidazole rings is 1. The number of carbonyl (C=O) groups is 1. The molecule has 0 spiro atoms. The fraction of sp³-hybridized carbons (Fsp3) is 0.375. The molecule has 5 nitrogen and oxygen atoms in total. The Kier molecular flexibility index (Phi) is 4.31. The number of nitrogens with two attached hydrogens (primary N) is 1. The lowest BCUT2D eigenvalue weighted by molar-refractivity contribution is -0.155. The van der Waals surface area contributed by atoms with Gasteiger partial charge in [0.05, 0.1) is 18.4 Å². The number of anilines is 1. The van der Waals surface area contributed by atoms with Gasteiger partial charge in [-0.3, -0.25) is 4.79 Å². The molecular weight excluding hydrogens is 266 g/mol. The average Bonchev–Trinajstić information content (AvgIpc) is 2.84. The van der Waals surface area contributed by atoms with Gasteiger partial charge >= 0.3 is 5.97 Å². The van der Waals surface area contributed by atoms with E-state index in [2.05, 4.69) is 4.98 Å². The number of esters is 1. The quantitative estimate of drug-likeness (QED) is 0.693. The molecule has 0 aliphatic rings. The Morgan fingerprint density at radius 1 is 1.29 bits per heavy atom. The average molecular weight is 287 g/mol. The molecule has 0 radical (unpaired) electrons. The molecule has 0 unspecified atom stereocenters. The second kappa shape index (κ2) is 5.99. The van der Waals surface area contributed by atoms with Gasteiger partial charge in [-0.05, 0) is 32.9 Å². The third-order valence-electron chi connectivity index (χ3n) is 2.83. The second-order valence-electron chi connectivity index (χ2n) is 5.96. The van der Waals surface area contributed by atoms with E-state index in [1.165, 1.54) is 0 Å². The Balaban J connectivity index is 1.94. The zero-order valence-corrected chi connectivity index (χ0v) is 12.7. The van der Waals surface area contributed by atoms with E-state index in [-0.39, 0.29) is 5.97 Å². The molecule has 0 saturated heterocycles. The van der Waals surface area contributed by atoms with Crippen molar-refractivity contribution < 1.29 is 9.53 Å². The Labute approximate surface area is 124 Å². The summed E-state index contributed by atoms with van der Waals surface area (Å²) in [7, 11) is 0. The van der Waals surface area contributed by atoms with Gasteiger partial charge in [-0.2, -0.15) is 0 Å². The van der Waals surface area contributed by atoms with Crippen LogP contribution >= 0.6 is 0 Å². The van der Waals surface area contributed by atoms with Crippen molar-refractivity contribution >= 4 is 11.7 Å². The minimum absolute atomic E-state index is 0.203. The summed E-state index contributed by atoms with van der Waals surface area (Å²) < 4.78 is 7.16. The molecule has 112 valence electrons. The fourth-order valence-electron chi connectivity index (χ4n) is 1.90. The van der Waals surface area contributed by atoms with Crippen molar-refractivity contribution in [2.75, 3.05) is 5.73 Å². The first-order valence-electron chi connectivity index (χ1n) is 6.93. The maximum Gasteiger partial charge on any atom is 0.308 e. The standard InChI is InChI=1S/C16H21N3O2/c1-16(2,3)21-15(20)8-9-19-10-14(18-11-19)12-4-6-13(17)7-5-12/h4-7,10-11H,8-9,17H2,1-3H3. The predicted octanol–water partition coefficient (Wildman–Crippen LogP) is 2.86. The van der Waals surface area contributed by atoms with Crippen LogP contribution in [0, 0.1) is 0 Å². The van der Waals surface area contributed by atoms with Crippen molar-refractivity contribution in [1.29, 1.82) is 0 Å². The first kappa shape index (κ1) is 15.1. The third-order valence-corrected chi connectivity index (χ3v) is 2.83. The van der Waals surface area contributed by atoms with Gasteiger partial charge in [0, 0.05) is 24.0 Å². The Bertz CT molecular complexity index is 609.